The maximum Gasteiger partial charge on any atom is 0.252 e. The lowest BCUT2D eigenvalue weighted by molar-refractivity contribution is 0.0927. The molecule has 1 aromatic carbocycles. The Morgan fingerprint density at radius 1 is 1.38 bits per heavy atom. The summed E-state index contributed by atoms with van der Waals surface area (Å²) in [5.41, 5.74) is 0.611. The summed E-state index contributed by atoms with van der Waals surface area (Å²) >= 11 is 3.36. The fourth-order valence-corrected chi connectivity index (χ4v) is 2.44. The number of hydrogen-bond donors (Lipinski definition) is 1. The molecule has 0 unspecified atom stereocenters. The highest BCUT2D eigenvalue weighted by Gasteiger charge is 2.16. The molecule has 1 aliphatic rings. The zero-order chi connectivity index (χ0) is 11.4. The van der Waals surface area contributed by atoms with Crippen LogP contribution in [0.4, 0.5) is 0 Å². The Kier molecular flexibility index (Phi) is 3.99. The van der Waals surface area contributed by atoms with Gasteiger partial charge in [0, 0.05) is 16.1 Å². The van der Waals surface area contributed by atoms with E-state index in [0.29, 0.717) is 11.6 Å². The van der Waals surface area contributed by atoms with Crippen molar-refractivity contribution in [3.05, 3.63) is 34.3 Å². The van der Waals surface area contributed by atoms with Crippen molar-refractivity contribution in [3.8, 4) is 0 Å². The molecular weight excluding hydrogens is 266 g/mol. The predicted octanol–water partition coefficient (Wildman–Crippen LogP) is 3.31. The summed E-state index contributed by atoms with van der Waals surface area (Å²) < 4.78 is 0.917. The van der Waals surface area contributed by atoms with E-state index in [1.165, 1.54) is 19.3 Å². The van der Waals surface area contributed by atoms with Gasteiger partial charge in [-0.1, -0.05) is 41.3 Å². The van der Waals surface area contributed by atoms with Crippen molar-refractivity contribution in [3.63, 3.8) is 0 Å². The number of rotatable bonds is 2. The van der Waals surface area contributed by atoms with E-state index in [1.54, 1.807) is 12.1 Å². The van der Waals surface area contributed by atoms with Crippen LogP contribution in [0.1, 0.15) is 42.5 Å². The van der Waals surface area contributed by atoms with Crippen molar-refractivity contribution in [2.75, 3.05) is 0 Å². The van der Waals surface area contributed by atoms with Crippen LogP contribution in [-0.4, -0.2) is 11.9 Å². The van der Waals surface area contributed by atoms with Gasteiger partial charge in [-0.2, -0.15) is 0 Å². The Labute approximate surface area is 105 Å². The third-order valence-corrected chi connectivity index (χ3v) is 3.44. The largest absolute Gasteiger partial charge is 0.349 e. The smallest absolute Gasteiger partial charge is 0.252 e. The normalized spacial score (nSPS) is 17.1. The highest BCUT2D eigenvalue weighted by Crippen LogP contribution is 2.18. The summed E-state index contributed by atoms with van der Waals surface area (Å²) in [5, 5.41) is 3.07. The van der Waals surface area contributed by atoms with Gasteiger partial charge in [0.05, 0.1) is 0 Å². The van der Waals surface area contributed by atoms with Crippen LogP contribution in [0.15, 0.2) is 22.7 Å². The maximum absolute atomic E-state index is 11.9. The molecule has 85 valence electrons. The minimum Gasteiger partial charge on any atom is -0.349 e. The first kappa shape index (κ1) is 11.6. The molecule has 16 heavy (non-hydrogen) atoms. The minimum absolute atomic E-state index is 0.00630. The minimum atomic E-state index is -0.00630. The van der Waals surface area contributed by atoms with E-state index in [2.05, 4.69) is 27.3 Å². The number of nitrogens with one attached hydrogen (secondary N) is 1. The molecule has 2 rings (SSSR count). The third-order valence-electron chi connectivity index (χ3n) is 2.95. The molecule has 1 fully saturated rings. The number of amides is 1. The van der Waals surface area contributed by atoms with Crippen LogP contribution in [0.5, 0.6) is 0 Å². The molecule has 1 N–H and O–H groups in total. The van der Waals surface area contributed by atoms with Crippen molar-refractivity contribution in [1.29, 1.82) is 0 Å². The first-order valence-corrected chi connectivity index (χ1v) is 6.53. The van der Waals surface area contributed by atoms with Crippen LogP contribution >= 0.6 is 15.9 Å². The van der Waals surface area contributed by atoms with E-state index in [4.69, 9.17) is 0 Å². The van der Waals surface area contributed by atoms with Crippen molar-refractivity contribution in [1.82, 2.24) is 5.32 Å². The Hall–Kier alpha value is -0.830. The second kappa shape index (κ2) is 5.48. The molecule has 0 atom stereocenters. The number of hydrogen-bond acceptors (Lipinski definition) is 1. The Balaban J connectivity index is 1.97. The number of carbonyl (C=O) groups excluding carboxylic acids is 1. The summed E-state index contributed by atoms with van der Waals surface area (Å²) in [6.07, 6.45) is 5.98. The quantitative estimate of drug-likeness (QED) is 0.885. The van der Waals surface area contributed by atoms with Crippen molar-refractivity contribution in [2.24, 2.45) is 0 Å². The lowest BCUT2D eigenvalue weighted by Crippen LogP contribution is -2.36. The van der Waals surface area contributed by atoms with Gasteiger partial charge >= 0.3 is 0 Å². The van der Waals surface area contributed by atoms with Crippen LogP contribution in [0.25, 0.3) is 0 Å². The molecule has 1 aliphatic carbocycles. The summed E-state index contributed by atoms with van der Waals surface area (Å²) in [6.45, 7) is 0. The molecule has 0 aliphatic heterocycles. The van der Waals surface area contributed by atoms with Crippen LogP contribution in [-0.2, 0) is 0 Å². The van der Waals surface area contributed by atoms with E-state index in [9.17, 15) is 4.79 Å². The van der Waals surface area contributed by atoms with Crippen molar-refractivity contribution >= 4 is 21.8 Å². The van der Waals surface area contributed by atoms with Gasteiger partial charge in [-0.15, -0.1) is 0 Å². The molecule has 0 aromatic heterocycles. The third kappa shape index (κ3) is 3.08. The second-order valence-electron chi connectivity index (χ2n) is 4.23. The van der Waals surface area contributed by atoms with Gasteiger partial charge in [0.2, 0.25) is 0 Å². The van der Waals surface area contributed by atoms with Crippen LogP contribution in [0, 0.1) is 6.07 Å². The number of halogens is 1. The lowest BCUT2D eigenvalue weighted by Gasteiger charge is -2.22. The molecule has 1 saturated carbocycles. The van der Waals surface area contributed by atoms with Gasteiger partial charge in [0.25, 0.3) is 5.91 Å². The number of carbonyl (C=O) groups is 1. The zero-order valence-electron chi connectivity index (χ0n) is 9.13. The molecule has 1 radical (unpaired) electrons. The molecular formula is C13H15BrNO. The molecule has 3 heteroatoms. The fourth-order valence-electron chi connectivity index (χ4n) is 2.08. The second-order valence-corrected chi connectivity index (χ2v) is 5.14. The molecule has 0 spiro atoms. The summed E-state index contributed by atoms with van der Waals surface area (Å²) in [7, 11) is 0. The van der Waals surface area contributed by atoms with Crippen molar-refractivity contribution < 1.29 is 4.79 Å². The Bertz CT molecular complexity index is 372. The van der Waals surface area contributed by atoms with E-state index in [0.717, 1.165) is 17.3 Å². The Morgan fingerprint density at radius 3 is 2.81 bits per heavy atom. The van der Waals surface area contributed by atoms with E-state index in [1.807, 2.05) is 6.07 Å². The highest BCUT2D eigenvalue weighted by molar-refractivity contribution is 9.10. The summed E-state index contributed by atoms with van der Waals surface area (Å²) in [5.74, 6) is -0.00630. The molecule has 0 saturated heterocycles. The van der Waals surface area contributed by atoms with Crippen molar-refractivity contribution in [2.45, 2.75) is 38.1 Å². The van der Waals surface area contributed by atoms with Gasteiger partial charge in [-0.05, 0) is 31.0 Å². The van der Waals surface area contributed by atoms with Gasteiger partial charge in [-0.25, -0.2) is 0 Å². The van der Waals surface area contributed by atoms with Crippen LogP contribution in [0.3, 0.4) is 0 Å². The van der Waals surface area contributed by atoms with E-state index < -0.39 is 0 Å². The standard InChI is InChI=1S/C13H15BrNO/c14-11-6-4-5-10(9-11)13(16)15-12-7-2-1-3-8-12/h4,6,9,12H,1-3,7-8H2,(H,15,16). The molecule has 2 nitrogen and oxygen atoms in total. The average Bonchev–Trinajstić information content (AvgIpc) is 2.30. The summed E-state index contributed by atoms with van der Waals surface area (Å²) in [6, 6.07) is 8.75. The number of benzene rings is 1. The maximum atomic E-state index is 11.9. The van der Waals surface area contributed by atoms with Gasteiger partial charge in [-0.3, -0.25) is 4.79 Å². The highest BCUT2D eigenvalue weighted by atomic mass is 79.9. The lowest BCUT2D eigenvalue weighted by atomic mass is 9.95. The van der Waals surface area contributed by atoms with Gasteiger partial charge in [0.1, 0.15) is 0 Å². The predicted molar refractivity (Wildman–Crippen MR) is 67.3 cm³/mol. The molecule has 0 bridgehead atoms. The Morgan fingerprint density at radius 2 is 2.12 bits per heavy atom. The SMILES string of the molecule is O=C(NC1CCCCC1)c1[c]ccc(Br)c1. The average molecular weight is 281 g/mol. The van der Waals surface area contributed by atoms with Gasteiger partial charge < -0.3 is 5.32 Å². The molecule has 0 heterocycles. The topological polar surface area (TPSA) is 29.1 Å². The molecule has 1 aromatic rings. The van der Waals surface area contributed by atoms with Crippen LogP contribution < -0.4 is 5.32 Å². The zero-order valence-corrected chi connectivity index (χ0v) is 10.7. The van der Waals surface area contributed by atoms with E-state index in [-0.39, 0.29) is 5.91 Å². The van der Waals surface area contributed by atoms with Gasteiger partial charge in [0.15, 0.2) is 0 Å². The monoisotopic (exact) mass is 280 g/mol. The first-order valence-electron chi connectivity index (χ1n) is 5.74. The van der Waals surface area contributed by atoms with Crippen LogP contribution in [0.2, 0.25) is 0 Å². The molecule has 1 amide bonds. The summed E-state index contributed by atoms with van der Waals surface area (Å²) in [4.78, 5) is 11.9. The first-order chi connectivity index (χ1) is 7.75. The van der Waals surface area contributed by atoms with E-state index >= 15 is 0 Å². The fraction of sp³-hybridized carbons (Fsp3) is 0.462.